The summed E-state index contributed by atoms with van der Waals surface area (Å²) in [6.07, 6.45) is 1.86. The highest BCUT2D eigenvalue weighted by Gasteiger charge is 2.13. The van der Waals surface area contributed by atoms with Gasteiger partial charge in [0.05, 0.1) is 13.2 Å². The fourth-order valence-corrected chi connectivity index (χ4v) is 1.82. The lowest BCUT2D eigenvalue weighted by atomic mass is 9.95. The molecule has 0 aliphatic heterocycles. The second-order valence-corrected chi connectivity index (χ2v) is 5.87. The van der Waals surface area contributed by atoms with E-state index in [0.29, 0.717) is 19.0 Å². The van der Waals surface area contributed by atoms with E-state index >= 15 is 0 Å². The van der Waals surface area contributed by atoms with Crippen molar-refractivity contribution in [1.82, 2.24) is 0 Å². The SMILES string of the molecule is C=CC(C)(C)COCc1ccc(F)c(Oc2ccccc2)c1. The number of para-hydroxylation sites is 1. The van der Waals surface area contributed by atoms with Gasteiger partial charge in [-0.05, 0) is 29.8 Å². The summed E-state index contributed by atoms with van der Waals surface area (Å²) in [5, 5.41) is 0. The predicted octanol–water partition coefficient (Wildman–Crippen LogP) is 5.35. The van der Waals surface area contributed by atoms with Crippen molar-refractivity contribution in [2.24, 2.45) is 5.41 Å². The topological polar surface area (TPSA) is 18.5 Å². The Hall–Kier alpha value is -2.13. The van der Waals surface area contributed by atoms with E-state index < -0.39 is 0 Å². The van der Waals surface area contributed by atoms with Gasteiger partial charge in [0.25, 0.3) is 0 Å². The lowest BCUT2D eigenvalue weighted by Crippen LogP contribution is -2.15. The molecule has 2 aromatic rings. The molecule has 0 heterocycles. The Kier molecular flexibility index (Phi) is 5.34. The van der Waals surface area contributed by atoms with Crippen LogP contribution < -0.4 is 4.74 Å². The first-order valence-corrected chi connectivity index (χ1v) is 7.23. The molecule has 0 spiro atoms. The Labute approximate surface area is 131 Å². The standard InChI is InChI=1S/C19H21FO2/c1-4-19(2,3)14-21-13-15-10-11-17(20)18(12-15)22-16-8-6-5-7-9-16/h4-12H,1,13-14H2,2-3H3. The molecule has 0 radical (unpaired) electrons. The summed E-state index contributed by atoms with van der Waals surface area (Å²) in [5.41, 5.74) is 0.788. The van der Waals surface area contributed by atoms with Gasteiger partial charge in [0, 0.05) is 5.41 Å². The molecule has 22 heavy (non-hydrogen) atoms. The largest absolute Gasteiger partial charge is 0.454 e. The number of ether oxygens (including phenoxy) is 2. The average molecular weight is 300 g/mol. The fraction of sp³-hybridized carbons (Fsp3) is 0.263. The van der Waals surface area contributed by atoms with Crippen LogP contribution >= 0.6 is 0 Å². The van der Waals surface area contributed by atoms with Crippen molar-refractivity contribution in [3.05, 3.63) is 72.6 Å². The summed E-state index contributed by atoms with van der Waals surface area (Å²) in [7, 11) is 0. The fourth-order valence-electron chi connectivity index (χ4n) is 1.82. The van der Waals surface area contributed by atoms with Gasteiger partial charge in [0.15, 0.2) is 11.6 Å². The molecule has 0 saturated carbocycles. The molecule has 0 fully saturated rings. The van der Waals surface area contributed by atoms with Gasteiger partial charge in [-0.2, -0.15) is 0 Å². The Morgan fingerprint density at radius 3 is 2.55 bits per heavy atom. The maximum Gasteiger partial charge on any atom is 0.165 e. The zero-order valence-electron chi connectivity index (χ0n) is 13.0. The highest BCUT2D eigenvalue weighted by molar-refractivity contribution is 5.35. The molecule has 0 amide bonds. The third-order valence-electron chi connectivity index (χ3n) is 3.26. The van der Waals surface area contributed by atoms with Crippen molar-refractivity contribution in [3.63, 3.8) is 0 Å². The van der Waals surface area contributed by atoms with Crippen LogP contribution in [-0.2, 0) is 11.3 Å². The van der Waals surface area contributed by atoms with Crippen LogP contribution in [0, 0.1) is 11.2 Å². The van der Waals surface area contributed by atoms with E-state index in [9.17, 15) is 4.39 Å². The maximum absolute atomic E-state index is 13.8. The van der Waals surface area contributed by atoms with Gasteiger partial charge < -0.3 is 9.47 Å². The van der Waals surface area contributed by atoms with Gasteiger partial charge in [-0.1, -0.05) is 44.2 Å². The van der Waals surface area contributed by atoms with Gasteiger partial charge in [-0.3, -0.25) is 0 Å². The Bertz CT molecular complexity index is 621. The van der Waals surface area contributed by atoms with E-state index in [1.165, 1.54) is 6.07 Å². The molecule has 2 nitrogen and oxygen atoms in total. The van der Waals surface area contributed by atoms with E-state index in [1.807, 2.05) is 24.3 Å². The van der Waals surface area contributed by atoms with Crippen molar-refractivity contribution < 1.29 is 13.9 Å². The lowest BCUT2D eigenvalue weighted by molar-refractivity contribution is 0.0717. The van der Waals surface area contributed by atoms with Crippen molar-refractivity contribution in [2.75, 3.05) is 6.61 Å². The van der Waals surface area contributed by atoms with E-state index in [0.717, 1.165) is 5.56 Å². The van der Waals surface area contributed by atoms with Gasteiger partial charge >= 0.3 is 0 Å². The normalized spacial score (nSPS) is 11.2. The third-order valence-corrected chi connectivity index (χ3v) is 3.26. The number of hydrogen-bond acceptors (Lipinski definition) is 2. The van der Waals surface area contributed by atoms with E-state index in [2.05, 4.69) is 20.4 Å². The molecule has 0 bridgehead atoms. The molecular weight excluding hydrogens is 279 g/mol. The molecule has 2 rings (SSSR count). The molecule has 0 aromatic heterocycles. The van der Waals surface area contributed by atoms with Gasteiger partial charge in [0.1, 0.15) is 5.75 Å². The predicted molar refractivity (Wildman–Crippen MR) is 86.6 cm³/mol. The van der Waals surface area contributed by atoms with Crippen molar-refractivity contribution in [1.29, 1.82) is 0 Å². The van der Waals surface area contributed by atoms with Crippen LogP contribution in [0.4, 0.5) is 4.39 Å². The zero-order chi connectivity index (χ0) is 16.0. The molecule has 3 heteroatoms. The minimum absolute atomic E-state index is 0.0800. The molecule has 0 aliphatic rings. The van der Waals surface area contributed by atoms with Crippen LogP contribution in [0.25, 0.3) is 0 Å². The van der Waals surface area contributed by atoms with E-state index in [4.69, 9.17) is 9.47 Å². The van der Waals surface area contributed by atoms with Crippen LogP contribution in [0.15, 0.2) is 61.2 Å². The second kappa shape index (κ2) is 7.23. The highest BCUT2D eigenvalue weighted by Crippen LogP contribution is 2.26. The van der Waals surface area contributed by atoms with Gasteiger partial charge in [0.2, 0.25) is 0 Å². The summed E-state index contributed by atoms with van der Waals surface area (Å²) in [6, 6.07) is 13.9. The first-order chi connectivity index (χ1) is 10.5. The summed E-state index contributed by atoms with van der Waals surface area (Å²) >= 11 is 0. The van der Waals surface area contributed by atoms with E-state index in [1.54, 1.807) is 24.3 Å². The molecule has 0 atom stereocenters. The molecule has 0 N–H and O–H groups in total. The first-order valence-electron chi connectivity index (χ1n) is 7.23. The summed E-state index contributed by atoms with van der Waals surface area (Å²) in [4.78, 5) is 0. The number of rotatable bonds is 7. The van der Waals surface area contributed by atoms with Gasteiger partial charge in [-0.25, -0.2) is 4.39 Å². The minimum Gasteiger partial charge on any atom is -0.454 e. The summed E-state index contributed by atoms with van der Waals surface area (Å²) in [6.45, 7) is 8.85. The highest BCUT2D eigenvalue weighted by atomic mass is 19.1. The summed E-state index contributed by atoms with van der Waals surface area (Å²) < 4.78 is 25.1. The third kappa shape index (κ3) is 4.71. The Balaban J connectivity index is 2.02. The number of hydrogen-bond donors (Lipinski definition) is 0. The van der Waals surface area contributed by atoms with Crippen molar-refractivity contribution in [3.8, 4) is 11.5 Å². The molecule has 0 aliphatic carbocycles. The lowest BCUT2D eigenvalue weighted by Gasteiger charge is -2.19. The van der Waals surface area contributed by atoms with Crippen molar-refractivity contribution >= 4 is 0 Å². The minimum atomic E-state index is -0.390. The average Bonchev–Trinajstić information content (AvgIpc) is 2.51. The van der Waals surface area contributed by atoms with Crippen LogP contribution in [0.2, 0.25) is 0 Å². The molecule has 0 saturated heterocycles. The zero-order valence-corrected chi connectivity index (χ0v) is 13.0. The first kappa shape index (κ1) is 16.2. The van der Waals surface area contributed by atoms with Crippen LogP contribution in [0.3, 0.4) is 0 Å². The maximum atomic E-state index is 13.8. The van der Waals surface area contributed by atoms with Crippen LogP contribution in [0.1, 0.15) is 19.4 Å². The van der Waals surface area contributed by atoms with Gasteiger partial charge in [-0.15, -0.1) is 6.58 Å². The number of benzene rings is 2. The molecule has 116 valence electrons. The Morgan fingerprint density at radius 1 is 1.14 bits per heavy atom. The van der Waals surface area contributed by atoms with Crippen LogP contribution in [-0.4, -0.2) is 6.61 Å². The quantitative estimate of drug-likeness (QED) is 0.642. The van der Waals surface area contributed by atoms with Crippen LogP contribution in [0.5, 0.6) is 11.5 Å². The van der Waals surface area contributed by atoms with Crippen molar-refractivity contribution in [2.45, 2.75) is 20.5 Å². The molecular formula is C19H21FO2. The second-order valence-electron chi connectivity index (χ2n) is 5.87. The Morgan fingerprint density at radius 2 is 1.86 bits per heavy atom. The molecule has 2 aromatic carbocycles. The molecule has 0 unspecified atom stereocenters. The smallest absolute Gasteiger partial charge is 0.165 e. The summed E-state index contributed by atoms with van der Waals surface area (Å²) in [5.74, 6) is 0.418. The number of halogens is 1. The monoisotopic (exact) mass is 300 g/mol. The van der Waals surface area contributed by atoms with E-state index in [-0.39, 0.29) is 17.0 Å².